The Kier molecular flexibility index (Phi) is 5.07. The molecule has 0 aromatic rings. The summed E-state index contributed by atoms with van der Waals surface area (Å²) in [6.07, 6.45) is 1.19. The molecule has 0 saturated heterocycles. The largest absolute Gasteiger partial charge is 0.373 e. The molecule has 1 nitrogen and oxygen atoms in total. The van der Waals surface area contributed by atoms with Crippen molar-refractivity contribution in [3.63, 3.8) is 0 Å². The van der Waals surface area contributed by atoms with Crippen LogP contribution in [0.1, 0.15) is 54.4 Å². The van der Waals surface area contributed by atoms with E-state index in [0.29, 0.717) is 12.0 Å². The molecular formula is C12H25FO. The summed E-state index contributed by atoms with van der Waals surface area (Å²) in [5, 5.41) is 0. The van der Waals surface area contributed by atoms with Gasteiger partial charge in [0.1, 0.15) is 6.17 Å². The van der Waals surface area contributed by atoms with Crippen LogP contribution in [0.3, 0.4) is 0 Å². The SMILES string of the molecule is CCC(C)(C)CCOC(C)(C)C(C)F. The van der Waals surface area contributed by atoms with Crippen LogP contribution in [0.25, 0.3) is 0 Å². The molecule has 14 heavy (non-hydrogen) atoms. The Bertz CT molecular complexity index is 162. The van der Waals surface area contributed by atoms with Crippen molar-refractivity contribution < 1.29 is 9.13 Å². The highest BCUT2D eigenvalue weighted by atomic mass is 19.1. The van der Waals surface area contributed by atoms with E-state index < -0.39 is 11.8 Å². The molecular weight excluding hydrogens is 179 g/mol. The van der Waals surface area contributed by atoms with Crippen molar-refractivity contribution in [3.05, 3.63) is 0 Å². The molecule has 0 saturated carbocycles. The highest BCUT2D eigenvalue weighted by Crippen LogP contribution is 2.26. The van der Waals surface area contributed by atoms with Gasteiger partial charge in [-0.25, -0.2) is 4.39 Å². The Morgan fingerprint density at radius 2 is 1.71 bits per heavy atom. The number of alkyl halides is 1. The first-order valence-corrected chi connectivity index (χ1v) is 5.49. The van der Waals surface area contributed by atoms with Gasteiger partial charge in [0.2, 0.25) is 0 Å². The van der Waals surface area contributed by atoms with Crippen molar-refractivity contribution in [3.8, 4) is 0 Å². The molecule has 1 atom stereocenters. The average molecular weight is 204 g/mol. The van der Waals surface area contributed by atoms with E-state index in [1.165, 1.54) is 0 Å². The maximum absolute atomic E-state index is 13.1. The zero-order valence-electron chi connectivity index (χ0n) is 10.5. The molecule has 0 rings (SSSR count). The van der Waals surface area contributed by atoms with Crippen LogP contribution in [0.5, 0.6) is 0 Å². The standard InChI is InChI=1S/C12H25FO/c1-7-11(3,4)8-9-14-12(5,6)10(2)13/h10H,7-9H2,1-6H3. The van der Waals surface area contributed by atoms with Gasteiger partial charge >= 0.3 is 0 Å². The van der Waals surface area contributed by atoms with Crippen LogP contribution in [0.2, 0.25) is 0 Å². The zero-order valence-corrected chi connectivity index (χ0v) is 10.5. The van der Waals surface area contributed by atoms with E-state index in [1.54, 1.807) is 20.8 Å². The van der Waals surface area contributed by atoms with Crippen LogP contribution in [0, 0.1) is 5.41 Å². The van der Waals surface area contributed by atoms with Gasteiger partial charge in [0.15, 0.2) is 0 Å². The highest BCUT2D eigenvalue weighted by Gasteiger charge is 2.27. The van der Waals surface area contributed by atoms with Crippen LogP contribution < -0.4 is 0 Å². The summed E-state index contributed by atoms with van der Waals surface area (Å²) in [6, 6.07) is 0. The lowest BCUT2D eigenvalue weighted by Gasteiger charge is -2.29. The Morgan fingerprint density at radius 1 is 1.21 bits per heavy atom. The van der Waals surface area contributed by atoms with Gasteiger partial charge in [0, 0.05) is 6.61 Å². The number of hydrogen-bond acceptors (Lipinski definition) is 1. The third-order valence-electron chi connectivity index (χ3n) is 3.17. The van der Waals surface area contributed by atoms with E-state index in [-0.39, 0.29) is 0 Å². The van der Waals surface area contributed by atoms with Crippen LogP contribution in [0.15, 0.2) is 0 Å². The van der Waals surface area contributed by atoms with Crippen LogP contribution in [-0.2, 0) is 4.74 Å². The molecule has 0 radical (unpaired) electrons. The second kappa shape index (κ2) is 5.11. The Labute approximate surface area is 88.0 Å². The molecule has 86 valence electrons. The molecule has 0 amide bonds. The second-order valence-electron chi connectivity index (χ2n) is 5.34. The number of halogens is 1. The average Bonchev–Trinajstić information content (AvgIpc) is 2.03. The van der Waals surface area contributed by atoms with Crippen LogP contribution in [-0.4, -0.2) is 18.4 Å². The summed E-state index contributed by atoms with van der Waals surface area (Å²) in [5.74, 6) is 0. The normalized spacial score (nSPS) is 15.6. The third-order valence-corrected chi connectivity index (χ3v) is 3.17. The topological polar surface area (TPSA) is 9.23 Å². The maximum Gasteiger partial charge on any atom is 0.126 e. The predicted molar refractivity (Wildman–Crippen MR) is 59.3 cm³/mol. The molecule has 0 aromatic carbocycles. The summed E-state index contributed by atoms with van der Waals surface area (Å²) >= 11 is 0. The smallest absolute Gasteiger partial charge is 0.126 e. The lowest BCUT2D eigenvalue weighted by molar-refractivity contribution is -0.0729. The van der Waals surface area contributed by atoms with Gasteiger partial charge in [0.25, 0.3) is 0 Å². The zero-order chi connectivity index (χ0) is 11.4. The molecule has 0 heterocycles. The molecule has 1 unspecified atom stereocenters. The molecule has 0 aliphatic rings. The molecule has 0 aliphatic carbocycles. The van der Waals surface area contributed by atoms with Crippen molar-refractivity contribution in [2.24, 2.45) is 5.41 Å². The van der Waals surface area contributed by atoms with Crippen molar-refractivity contribution in [1.82, 2.24) is 0 Å². The molecule has 2 heteroatoms. The first kappa shape index (κ1) is 13.9. The molecule has 0 aromatic heterocycles. The third kappa shape index (κ3) is 4.94. The predicted octanol–water partition coefficient (Wildman–Crippen LogP) is 3.97. The van der Waals surface area contributed by atoms with E-state index >= 15 is 0 Å². The summed E-state index contributed by atoms with van der Waals surface area (Å²) in [5.41, 5.74) is -0.348. The van der Waals surface area contributed by atoms with Crippen molar-refractivity contribution in [1.29, 1.82) is 0 Å². The lowest BCUT2D eigenvalue weighted by Crippen LogP contribution is -2.35. The van der Waals surface area contributed by atoms with E-state index in [1.807, 2.05) is 0 Å². The fourth-order valence-electron chi connectivity index (χ4n) is 0.882. The van der Waals surface area contributed by atoms with E-state index in [2.05, 4.69) is 20.8 Å². The van der Waals surface area contributed by atoms with Gasteiger partial charge < -0.3 is 4.74 Å². The summed E-state index contributed by atoms with van der Waals surface area (Å²) in [4.78, 5) is 0. The quantitative estimate of drug-likeness (QED) is 0.636. The van der Waals surface area contributed by atoms with Gasteiger partial charge in [-0.3, -0.25) is 0 Å². The molecule has 0 spiro atoms. The fourth-order valence-corrected chi connectivity index (χ4v) is 0.882. The van der Waals surface area contributed by atoms with E-state index in [4.69, 9.17) is 4.74 Å². The van der Waals surface area contributed by atoms with Gasteiger partial charge in [-0.1, -0.05) is 27.2 Å². The van der Waals surface area contributed by atoms with Crippen molar-refractivity contribution >= 4 is 0 Å². The van der Waals surface area contributed by atoms with Crippen LogP contribution in [0.4, 0.5) is 4.39 Å². The molecule has 0 N–H and O–H groups in total. The number of rotatable bonds is 6. The first-order chi connectivity index (χ1) is 6.21. The van der Waals surface area contributed by atoms with Crippen molar-refractivity contribution in [2.45, 2.75) is 66.2 Å². The minimum Gasteiger partial charge on any atom is -0.373 e. The van der Waals surface area contributed by atoms with Gasteiger partial charge in [0.05, 0.1) is 5.60 Å². The minimum atomic E-state index is -0.924. The lowest BCUT2D eigenvalue weighted by atomic mass is 9.87. The Hall–Kier alpha value is -0.110. The van der Waals surface area contributed by atoms with Gasteiger partial charge in [-0.2, -0.15) is 0 Å². The number of hydrogen-bond donors (Lipinski definition) is 0. The van der Waals surface area contributed by atoms with Crippen LogP contribution >= 0.6 is 0 Å². The molecule has 0 bridgehead atoms. The Morgan fingerprint density at radius 3 is 2.07 bits per heavy atom. The van der Waals surface area contributed by atoms with Gasteiger partial charge in [-0.15, -0.1) is 0 Å². The molecule has 0 fully saturated rings. The highest BCUT2D eigenvalue weighted by molar-refractivity contribution is 4.76. The first-order valence-electron chi connectivity index (χ1n) is 5.49. The fraction of sp³-hybridized carbons (Fsp3) is 1.00. The monoisotopic (exact) mass is 204 g/mol. The summed E-state index contributed by atoms with van der Waals surface area (Å²) in [6.45, 7) is 12.4. The summed E-state index contributed by atoms with van der Waals surface area (Å²) < 4.78 is 18.6. The Balaban J connectivity index is 3.85. The second-order valence-corrected chi connectivity index (χ2v) is 5.34. The van der Waals surface area contributed by atoms with E-state index in [0.717, 1.165) is 12.8 Å². The number of ether oxygens (including phenoxy) is 1. The molecule has 0 aliphatic heterocycles. The summed E-state index contributed by atoms with van der Waals surface area (Å²) in [7, 11) is 0. The minimum absolute atomic E-state index is 0.301. The van der Waals surface area contributed by atoms with Crippen molar-refractivity contribution in [2.75, 3.05) is 6.61 Å². The maximum atomic E-state index is 13.1. The van der Waals surface area contributed by atoms with E-state index in [9.17, 15) is 4.39 Å². The van der Waals surface area contributed by atoms with Gasteiger partial charge in [-0.05, 0) is 32.6 Å².